The van der Waals surface area contributed by atoms with Gasteiger partial charge in [-0.25, -0.2) is 13.1 Å². The molecule has 0 radical (unpaired) electrons. The molecule has 2 atom stereocenters. The Kier molecular flexibility index (Phi) is 5.61. The highest BCUT2D eigenvalue weighted by molar-refractivity contribution is 9.11. The second kappa shape index (κ2) is 6.85. The molecule has 2 N–H and O–H groups in total. The van der Waals surface area contributed by atoms with Gasteiger partial charge in [-0.05, 0) is 48.3 Å². The van der Waals surface area contributed by atoms with Gasteiger partial charge in [0.15, 0.2) is 0 Å². The fraction of sp³-hybridized carbons (Fsp3) is 0.667. The molecule has 20 heavy (non-hydrogen) atoms. The van der Waals surface area contributed by atoms with Gasteiger partial charge in [0.1, 0.15) is 4.90 Å². The smallest absolute Gasteiger partial charge is 0.242 e. The highest BCUT2D eigenvalue weighted by Gasteiger charge is 2.32. The fourth-order valence-corrected chi connectivity index (χ4v) is 6.44. The standard InChI is InChI=1S/C12H19BrN2O3S2/c1-14-7-8-6-11(12(13)19-8)20(16,17)15-9-4-3-5-10(9)18-2/h6,9-10,14-15H,3-5,7H2,1-2H3. The van der Waals surface area contributed by atoms with Crippen molar-refractivity contribution in [1.82, 2.24) is 10.0 Å². The summed E-state index contributed by atoms with van der Waals surface area (Å²) in [7, 11) is -0.0462. The van der Waals surface area contributed by atoms with E-state index in [1.807, 2.05) is 7.05 Å². The van der Waals surface area contributed by atoms with Gasteiger partial charge in [0.2, 0.25) is 10.0 Å². The zero-order valence-corrected chi connectivity index (χ0v) is 14.7. The molecule has 0 bridgehead atoms. The minimum atomic E-state index is -3.51. The van der Waals surface area contributed by atoms with Crippen molar-refractivity contribution in [3.05, 3.63) is 14.7 Å². The number of thiophene rings is 1. The van der Waals surface area contributed by atoms with E-state index in [-0.39, 0.29) is 12.1 Å². The number of hydrogen-bond acceptors (Lipinski definition) is 5. The van der Waals surface area contributed by atoms with Crippen LogP contribution < -0.4 is 10.0 Å². The molecule has 0 aromatic carbocycles. The van der Waals surface area contributed by atoms with Gasteiger partial charge in [0, 0.05) is 24.6 Å². The number of nitrogens with one attached hydrogen (secondary N) is 2. The van der Waals surface area contributed by atoms with E-state index in [4.69, 9.17) is 4.74 Å². The van der Waals surface area contributed by atoms with Gasteiger partial charge < -0.3 is 10.1 Å². The van der Waals surface area contributed by atoms with Crippen molar-refractivity contribution < 1.29 is 13.2 Å². The van der Waals surface area contributed by atoms with Crippen LogP contribution in [-0.2, 0) is 21.3 Å². The lowest BCUT2D eigenvalue weighted by Crippen LogP contribution is -2.40. The maximum absolute atomic E-state index is 12.5. The first-order valence-corrected chi connectivity index (χ1v) is 9.55. The van der Waals surface area contributed by atoms with Crippen molar-refractivity contribution in [1.29, 1.82) is 0 Å². The first-order chi connectivity index (χ1) is 9.47. The van der Waals surface area contributed by atoms with Crippen LogP contribution in [0.5, 0.6) is 0 Å². The Balaban J connectivity index is 2.17. The predicted molar refractivity (Wildman–Crippen MR) is 83.5 cm³/mol. The van der Waals surface area contributed by atoms with Crippen molar-refractivity contribution in [3.8, 4) is 0 Å². The van der Waals surface area contributed by atoms with Crippen LogP contribution in [0.3, 0.4) is 0 Å². The Morgan fingerprint density at radius 1 is 1.50 bits per heavy atom. The van der Waals surface area contributed by atoms with E-state index in [9.17, 15) is 8.42 Å². The second-order valence-electron chi connectivity index (χ2n) is 4.81. The molecule has 0 aliphatic heterocycles. The maximum atomic E-state index is 12.5. The van der Waals surface area contributed by atoms with Crippen LogP contribution in [0.25, 0.3) is 0 Å². The second-order valence-corrected chi connectivity index (χ2v) is 8.95. The third kappa shape index (κ3) is 3.61. The molecule has 1 aromatic rings. The lowest BCUT2D eigenvalue weighted by Gasteiger charge is -2.19. The summed E-state index contributed by atoms with van der Waals surface area (Å²) in [6, 6.07) is 1.58. The van der Waals surface area contributed by atoms with Crippen molar-refractivity contribution >= 4 is 37.3 Å². The summed E-state index contributed by atoms with van der Waals surface area (Å²) in [5.41, 5.74) is 0. The highest BCUT2D eigenvalue weighted by Crippen LogP contribution is 2.32. The normalized spacial score (nSPS) is 23.4. The van der Waals surface area contributed by atoms with Crippen molar-refractivity contribution in [3.63, 3.8) is 0 Å². The van der Waals surface area contributed by atoms with Crippen LogP contribution in [-0.4, -0.2) is 34.7 Å². The summed E-state index contributed by atoms with van der Waals surface area (Å²) >= 11 is 4.78. The highest BCUT2D eigenvalue weighted by atomic mass is 79.9. The minimum absolute atomic E-state index is 0.0287. The lowest BCUT2D eigenvalue weighted by atomic mass is 10.2. The Labute approximate surface area is 132 Å². The Morgan fingerprint density at radius 3 is 2.90 bits per heavy atom. The molecule has 0 spiro atoms. The van der Waals surface area contributed by atoms with Crippen LogP contribution in [0.2, 0.25) is 0 Å². The SMILES string of the molecule is CNCc1cc(S(=O)(=O)NC2CCCC2OC)c(Br)s1. The molecule has 1 aromatic heterocycles. The zero-order chi connectivity index (χ0) is 14.8. The average Bonchev–Trinajstić information content (AvgIpc) is 2.96. The van der Waals surface area contributed by atoms with Crippen LogP contribution in [0.4, 0.5) is 0 Å². The lowest BCUT2D eigenvalue weighted by molar-refractivity contribution is 0.0916. The van der Waals surface area contributed by atoms with E-state index in [0.717, 1.165) is 24.1 Å². The topological polar surface area (TPSA) is 67.4 Å². The monoisotopic (exact) mass is 382 g/mol. The largest absolute Gasteiger partial charge is 0.380 e. The quantitative estimate of drug-likeness (QED) is 0.790. The van der Waals surface area contributed by atoms with Gasteiger partial charge in [0.25, 0.3) is 0 Å². The molecule has 1 fully saturated rings. The fourth-order valence-electron chi connectivity index (χ4n) is 2.45. The molecule has 8 heteroatoms. The molecule has 0 saturated heterocycles. The number of rotatable bonds is 6. The summed E-state index contributed by atoms with van der Waals surface area (Å²) in [6.07, 6.45) is 2.68. The van der Waals surface area contributed by atoms with Crippen molar-refractivity contribution in [2.45, 2.75) is 42.8 Å². The van der Waals surface area contributed by atoms with E-state index >= 15 is 0 Å². The summed E-state index contributed by atoms with van der Waals surface area (Å²) in [5, 5.41) is 3.02. The Morgan fingerprint density at radius 2 is 2.25 bits per heavy atom. The number of sulfonamides is 1. The van der Waals surface area contributed by atoms with E-state index in [0.29, 0.717) is 15.2 Å². The van der Waals surface area contributed by atoms with E-state index in [2.05, 4.69) is 26.0 Å². The van der Waals surface area contributed by atoms with Crippen molar-refractivity contribution in [2.75, 3.05) is 14.2 Å². The van der Waals surface area contributed by atoms with E-state index in [1.165, 1.54) is 11.3 Å². The van der Waals surface area contributed by atoms with Gasteiger partial charge in [-0.1, -0.05) is 0 Å². The molecular weight excluding hydrogens is 364 g/mol. The molecule has 1 saturated carbocycles. The minimum Gasteiger partial charge on any atom is -0.380 e. The average molecular weight is 383 g/mol. The zero-order valence-electron chi connectivity index (χ0n) is 11.5. The molecule has 0 amide bonds. The van der Waals surface area contributed by atoms with Gasteiger partial charge in [-0.15, -0.1) is 11.3 Å². The van der Waals surface area contributed by atoms with Gasteiger partial charge >= 0.3 is 0 Å². The Bertz CT molecular complexity index is 559. The van der Waals surface area contributed by atoms with Gasteiger partial charge in [-0.2, -0.15) is 0 Å². The Hall–Kier alpha value is 0.01000. The third-order valence-electron chi connectivity index (χ3n) is 3.41. The van der Waals surface area contributed by atoms with Gasteiger partial charge in [-0.3, -0.25) is 0 Å². The van der Waals surface area contributed by atoms with E-state index in [1.54, 1.807) is 13.2 Å². The summed E-state index contributed by atoms with van der Waals surface area (Å²) < 4.78 is 33.7. The molecule has 2 unspecified atom stereocenters. The van der Waals surface area contributed by atoms with Crippen LogP contribution in [0, 0.1) is 0 Å². The summed E-state index contributed by atoms with van der Waals surface area (Å²) in [4.78, 5) is 1.30. The first-order valence-electron chi connectivity index (χ1n) is 6.46. The predicted octanol–water partition coefficient (Wildman–Crippen LogP) is 2.08. The molecule has 5 nitrogen and oxygen atoms in total. The summed E-state index contributed by atoms with van der Waals surface area (Å²) in [5.74, 6) is 0. The van der Waals surface area contributed by atoms with Crippen LogP contribution >= 0.6 is 27.3 Å². The molecule has 1 aliphatic rings. The third-order valence-corrected chi connectivity index (χ3v) is 7.15. The van der Waals surface area contributed by atoms with E-state index < -0.39 is 10.0 Å². The molecule has 1 heterocycles. The molecule has 114 valence electrons. The first kappa shape index (κ1) is 16.4. The number of ether oxygens (including phenoxy) is 1. The van der Waals surface area contributed by atoms with Crippen molar-refractivity contribution in [2.24, 2.45) is 0 Å². The number of methoxy groups -OCH3 is 1. The van der Waals surface area contributed by atoms with Gasteiger partial charge in [0.05, 0.1) is 9.89 Å². The van der Waals surface area contributed by atoms with Crippen LogP contribution in [0.15, 0.2) is 14.7 Å². The summed E-state index contributed by atoms with van der Waals surface area (Å²) in [6.45, 7) is 0.656. The molecular formula is C12H19BrN2O3S2. The van der Waals surface area contributed by atoms with Crippen LogP contribution in [0.1, 0.15) is 24.1 Å². The number of hydrogen-bond donors (Lipinski definition) is 2. The molecule has 1 aliphatic carbocycles. The molecule has 2 rings (SSSR count). The number of halogens is 1. The maximum Gasteiger partial charge on any atom is 0.242 e.